The summed E-state index contributed by atoms with van der Waals surface area (Å²) in [6, 6.07) is 1.24. The Morgan fingerprint density at radius 3 is 2.50 bits per heavy atom. The number of nitrogens with two attached hydrogens (primary N) is 1. The monoisotopic (exact) mass is 351 g/mol. The largest absolute Gasteiger partial charge is 0.352 e. The summed E-state index contributed by atoms with van der Waals surface area (Å²) in [5.41, 5.74) is 6.15. The minimum atomic E-state index is 0. The molecule has 3 fully saturated rings. The zero-order valence-corrected chi connectivity index (χ0v) is 15.0. The van der Waals surface area contributed by atoms with Crippen molar-refractivity contribution >= 4 is 30.7 Å². The Labute approximate surface area is 146 Å². The van der Waals surface area contributed by atoms with Crippen LogP contribution in [0, 0.1) is 5.92 Å². The first-order valence-corrected chi connectivity index (χ1v) is 8.53. The maximum absolute atomic E-state index is 12.3. The maximum Gasteiger partial charge on any atom is 0.220 e. The summed E-state index contributed by atoms with van der Waals surface area (Å²) in [5, 5.41) is 3.31. The molecule has 0 spiro atoms. The zero-order valence-electron chi connectivity index (χ0n) is 13.3. The molecule has 130 valence electrons. The van der Waals surface area contributed by atoms with Gasteiger partial charge in [0.2, 0.25) is 5.91 Å². The second kappa shape index (κ2) is 9.31. The van der Waals surface area contributed by atoms with E-state index in [0.717, 1.165) is 19.3 Å². The lowest BCUT2D eigenvalue weighted by Gasteiger charge is -2.33. The molecular weight excluding hydrogens is 321 g/mol. The maximum atomic E-state index is 12.3. The number of rotatable bonds is 3. The fourth-order valence-electron chi connectivity index (χ4n) is 4.41. The molecule has 3 aliphatic rings. The molecule has 0 aromatic rings. The number of nitrogens with one attached hydrogen (secondary N) is 1. The van der Waals surface area contributed by atoms with Crippen molar-refractivity contribution in [3.05, 3.63) is 0 Å². The van der Waals surface area contributed by atoms with Crippen LogP contribution in [0.2, 0.25) is 0 Å². The van der Waals surface area contributed by atoms with E-state index in [9.17, 15) is 4.79 Å². The molecule has 2 aliphatic heterocycles. The van der Waals surface area contributed by atoms with Gasteiger partial charge >= 0.3 is 0 Å². The first-order valence-electron chi connectivity index (χ1n) is 8.53. The van der Waals surface area contributed by atoms with E-state index in [1.807, 2.05) is 0 Å². The summed E-state index contributed by atoms with van der Waals surface area (Å²) >= 11 is 0. The van der Waals surface area contributed by atoms with Crippen LogP contribution in [0.5, 0.6) is 0 Å². The number of hydrogen-bond acceptors (Lipinski definition) is 3. The number of piperidine rings is 1. The molecule has 1 saturated carbocycles. The van der Waals surface area contributed by atoms with Crippen molar-refractivity contribution in [1.29, 1.82) is 0 Å². The third kappa shape index (κ3) is 4.73. The Kier molecular flexibility index (Phi) is 8.47. The van der Waals surface area contributed by atoms with Crippen molar-refractivity contribution < 1.29 is 4.79 Å². The number of carbonyl (C=O) groups excluding carboxylic acids is 1. The predicted octanol–water partition coefficient (Wildman–Crippen LogP) is 2.48. The lowest BCUT2D eigenvalue weighted by Crippen LogP contribution is -2.47. The molecular formula is C16H31Cl2N3O. The van der Waals surface area contributed by atoms with Gasteiger partial charge in [-0.05, 0) is 44.6 Å². The summed E-state index contributed by atoms with van der Waals surface area (Å²) in [5.74, 6) is 0.650. The quantitative estimate of drug-likeness (QED) is 0.820. The van der Waals surface area contributed by atoms with Gasteiger partial charge in [0.25, 0.3) is 0 Å². The highest BCUT2D eigenvalue weighted by molar-refractivity contribution is 5.85. The summed E-state index contributed by atoms with van der Waals surface area (Å²) in [4.78, 5) is 14.9. The van der Waals surface area contributed by atoms with Gasteiger partial charge in [-0.2, -0.15) is 0 Å². The number of hydrogen-bond donors (Lipinski definition) is 2. The molecule has 4 nitrogen and oxygen atoms in total. The Bertz CT molecular complexity index is 356. The van der Waals surface area contributed by atoms with Crippen LogP contribution in [0.1, 0.15) is 57.8 Å². The number of amides is 1. The summed E-state index contributed by atoms with van der Waals surface area (Å²) < 4.78 is 0. The Hall–Kier alpha value is -0.0300. The molecule has 2 heterocycles. The van der Waals surface area contributed by atoms with Gasteiger partial charge in [0.1, 0.15) is 0 Å². The summed E-state index contributed by atoms with van der Waals surface area (Å²) in [6.45, 7) is 2.39. The molecule has 1 aliphatic carbocycles. The van der Waals surface area contributed by atoms with E-state index in [4.69, 9.17) is 5.73 Å². The molecule has 4 unspecified atom stereocenters. The van der Waals surface area contributed by atoms with Gasteiger partial charge in [-0.15, -0.1) is 24.8 Å². The third-order valence-electron chi connectivity index (χ3n) is 5.62. The molecule has 0 aromatic heterocycles. The minimum Gasteiger partial charge on any atom is -0.352 e. The number of carbonyl (C=O) groups is 1. The average molecular weight is 352 g/mol. The van der Waals surface area contributed by atoms with Gasteiger partial charge in [0, 0.05) is 31.1 Å². The second-order valence-corrected chi connectivity index (χ2v) is 6.97. The highest BCUT2D eigenvalue weighted by Crippen LogP contribution is 2.28. The zero-order chi connectivity index (χ0) is 13.9. The average Bonchev–Trinajstić information content (AvgIpc) is 2.85. The van der Waals surface area contributed by atoms with Crippen LogP contribution in [0.3, 0.4) is 0 Å². The number of fused-ring (bicyclic) bond motifs is 1. The van der Waals surface area contributed by atoms with E-state index in [0.29, 0.717) is 24.4 Å². The van der Waals surface area contributed by atoms with Crippen molar-refractivity contribution in [2.75, 3.05) is 13.1 Å². The first-order chi connectivity index (χ1) is 9.74. The molecule has 0 bridgehead atoms. The SMILES string of the molecule is Cl.Cl.NC1CCCCC1CC(=O)NC1CCN2CCCCC12. The molecule has 22 heavy (non-hydrogen) atoms. The molecule has 6 heteroatoms. The van der Waals surface area contributed by atoms with Crippen molar-refractivity contribution in [2.45, 2.75) is 75.9 Å². The van der Waals surface area contributed by atoms with Gasteiger partial charge < -0.3 is 11.1 Å². The van der Waals surface area contributed by atoms with Crippen LogP contribution in [0.4, 0.5) is 0 Å². The molecule has 3 N–H and O–H groups in total. The molecule has 3 rings (SSSR count). The fraction of sp³-hybridized carbons (Fsp3) is 0.938. The van der Waals surface area contributed by atoms with Crippen molar-refractivity contribution in [3.63, 3.8) is 0 Å². The molecule has 4 atom stereocenters. The highest BCUT2D eigenvalue weighted by Gasteiger charge is 2.36. The topological polar surface area (TPSA) is 58.4 Å². The summed E-state index contributed by atoms with van der Waals surface area (Å²) in [6.07, 6.45) is 10.4. The van der Waals surface area contributed by atoms with Crippen LogP contribution in [0.15, 0.2) is 0 Å². The van der Waals surface area contributed by atoms with E-state index in [1.54, 1.807) is 0 Å². The van der Waals surface area contributed by atoms with Crippen molar-refractivity contribution in [2.24, 2.45) is 11.7 Å². The van der Waals surface area contributed by atoms with Gasteiger partial charge in [0.15, 0.2) is 0 Å². The van der Waals surface area contributed by atoms with Gasteiger partial charge in [-0.1, -0.05) is 19.3 Å². The van der Waals surface area contributed by atoms with Crippen molar-refractivity contribution in [1.82, 2.24) is 10.2 Å². The Morgan fingerprint density at radius 1 is 1.00 bits per heavy atom. The molecule has 1 amide bonds. The van der Waals surface area contributed by atoms with Crippen LogP contribution in [-0.2, 0) is 4.79 Å². The van der Waals surface area contributed by atoms with Crippen LogP contribution >= 0.6 is 24.8 Å². The lowest BCUT2D eigenvalue weighted by atomic mass is 9.83. The highest BCUT2D eigenvalue weighted by atomic mass is 35.5. The van der Waals surface area contributed by atoms with E-state index in [-0.39, 0.29) is 36.8 Å². The predicted molar refractivity (Wildman–Crippen MR) is 94.8 cm³/mol. The van der Waals surface area contributed by atoms with Gasteiger partial charge in [-0.3, -0.25) is 9.69 Å². The van der Waals surface area contributed by atoms with E-state index in [2.05, 4.69) is 10.2 Å². The van der Waals surface area contributed by atoms with Gasteiger partial charge in [-0.25, -0.2) is 0 Å². The lowest BCUT2D eigenvalue weighted by molar-refractivity contribution is -0.123. The van der Waals surface area contributed by atoms with Crippen LogP contribution in [-0.4, -0.2) is 42.0 Å². The third-order valence-corrected chi connectivity index (χ3v) is 5.62. The van der Waals surface area contributed by atoms with Gasteiger partial charge in [0.05, 0.1) is 0 Å². The van der Waals surface area contributed by atoms with Crippen LogP contribution < -0.4 is 11.1 Å². The van der Waals surface area contributed by atoms with Crippen LogP contribution in [0.25, 0.3) is 0 Å². The molecule has 0 aromatic carbocycles. The Balaban J connectivity index is 0.00000121. The Morgan fingerprint density at radius 2 is 1.73 bits per heavy atom. The second-order valence-electron chi connectivity index (χ2n) is 6.97. The summed E-state index contributed by atoms with van der Waals surface area (Å²) in [7, 11) is 0. The fourth-order valence-corrected chi connectivity index (χ4v) is 4.41. The van der Waals surface area contributed by atoms with E-state index < -0.39 is 0 Å². The van der Waals surface area contributed by atoms with Crippen molar-refractivity contribution in [3.8, 4) is 0 Å². The van der Waals surface area contributed by atoms with E-state index >= 15 is 0 Å². The molecule has 0 radical (unpaired) electrons. The molecule has 2 saturated heterocycles. The smallest absolute Gasteiger partial charge is 0.220 e. The van der Waals surface area contributed by atoms with E-state index in [1.165, 1.54) is 45.2 Å². The normalized spacial score (nSPS) is 35.0. The standard InChI is InChI=1S/C16H29N3O.2ClH/c17-13-6-2-1-5-12(13)11-16(20)18-14-8-10-19-9-4-3-7-15(14)19;;/h12-15H,1-11,17H2,(H,18,20);2*1H. The minimum absolute atomic E-state index is 0. The number of nitrogens with zero attached hydrogens (tertiary/aromatic N) is 1. The first kappa shape index (κ1) is 20.0. The number of halogens is 2.